The lowest BCUT2D eigenvalue weighted by Gasteiger charge is -2.05. The molecule has 0 heterocycles. The summed E-state index contributed by atoms with van der Waals surface area (Å²) >= 11 is 0. The van der Waals surface area contributed by atoms with Crippen LogP contribution in [0.3, 0.4) is 0 Å². The predicted molar refractivity (Wildman–Crippen MR) is 53.6 cm³/mol. The fraction of sp³-hybridized carbons (Fsp3) is 0.400. The van der Waals surface area contributed by atoms with Crippen molar-refractivity contribution in [3.05, 3.63) is 24.4 Å². The maximum absolute atomic E-state index is 11.0. The van der Waals surface area contributed by atoms with Crippen LogP contribution in [0.5, 0.6) is 0 Å². The Bertz CT molecular complexity index is 256. The molecule has 1 N–H and O–H groups in total. The molecule has 0 unspecified atom stereocenters. The van der Waals surface area contributed by atoms with E-state index in [0.717, 1.165) is 5.70 Å². The maximum atomic E-state index is 11.0. The molecule has 78 valence electrons. The molecule has 0 aromatic heterocycles. The molecule has 0 bridgehead atoms. The summed E-state index contributed by atoms with van der Waals surface area (Å²) in [4.78, 5) is 21.5. The Balaban J connectivity index is 3.74. The molecule has 0 fully saturated rings. The highest BCUT2D eigenvalue weighted by atomic mass is 16.5. The van der Waals surface area contributed by atoms with Crippen molar-refractivity contribution in [2.75, 3.05) is 13.2 Å². The van der Waals surface area contributed by atoms with Gasteiger partial charge in [-0.3, -0.25) is 9.59 Å². The fourth-order valence-electron chi connectivity index (χ4n) is 0.699. The van der Waals surface area contributed by atoms with Crippen LogP contribution in [-0.4, -0.2) is 24.9 Å². The zero-order valence-electron chi connectivity index (χ0n) is 8.50. The van der Waals surface area contributed by atoms with E-state index in [-0.39, 0.29) is 18.9 Å². The Labute approximate surface area is 83.6 Å². The average molecular weight is 197 g/mol. The standard InChI is InChI=1S/C10H15NO3/c1-4-9(5-2)11-6-10(13)14-7-8(3)12/h4-5,11H,1,6-7H2,2-3H3/b9-5+. The topological polar surface area (TPSA) is 55.4 Å². The third-order valence-corrected chi connectivity index (χ3v) is 1.40. The first-order valence-corrected chi connectivity index (χ1v) is 4.27. The van der Waals surface area contributed by atoms with Crippen LogP contribution >= 0.6 is 0 Å². The second-order valence-corrected chi connectivity index (χ2v) is 2.66. The van der Waals surface area contributed by atoms with Crippen LogP contribution in [0.4, 0.5) is 0 Å². The van der Waals surface area contributed by atoms with Gasteiger partial charge in [-0.05, 0) is 19.9 Å². The van der Waals surface area contributed by atoms with Gasteiger partial charge in [-0.15, -0.1) is 0 Å². The lowest BCUT2D eigenvalue weighted by Crippen LogP contribution is -2.25. The van der Waals surface area contributed by atoms with Crippen molar-refractivity contribution in [3.8, 4) is 0 Å². The minimum atomic E-state index is -0.457. The fourth-order valence-corrected chi connectivity index (χ4v) is 0.699. The molecule has 0 atom stereocenters. The lowest BCUT2D eigenvalue weighted by atomic mass is 10.4. The molecule has 0 rings (SSSR count). The highest BCUT2D eigenvalue weighted by Gasteiger charge is 2.03. The second-order valence-electron chi connectivity index (χ2n) is 2.66. The molecule has 0 radical (unpaired) electrons. The van der Waals surface area contributed by atoms with E-state index in [1.807, 2.05) is 6.92 Å². The number of ketones is 1. The van der Waals surface area contributed by atoms with Gasteiger partial charge in [0.05, 0.1) is 0 Å². The van der Waals surface area contributed by atoms with Crippen LogP contribution in [0.15, 0.2) is 24.4 Å². The molecule has 0 amide bonds. The van der Waals surface area contributed by atoms with Crippen LogP contribution in [0, 0.1) is 0 Å². The molecular weight excluding hydrogens is 182 g/mol. The molecule has 0 aromatic rings. The van der Waals surface area contributed by atoms with Gasteiger partial charge in [0.2, 0.25) is 0 Å². The van der Waals surface area contributed by atoms with Gasteiger partial charge >= 0.3 is 5.97 Å². The quantitative estimate of drug-likeness (QED) is 0.505. The molecular formula is C10H15NO3. The summed E-state index contributed by atoms with van der Waals surface area (Å²) in [6.45, 7) is 6.61. The number of carbonyl (C=O) groups excluding carboxylic acids is 2. The summed E-state index contributed by atoms with van der Waals surface area (Å²) in [7, 11) is 0. The molecule has 0 aliphatic heterocycles. The summed E-state index contributed by atoms with van der Waals surface area (Å²) in [5, 5.41) is 2.80. The van der Waals surface area contributed by atoms with Crippen molar-refractivity contribution < 1.29 is 14.3 Å². The minimum Gasteiger partial charge on any atom is -0.456 e. The number of allylic oxidation sites excluding steroid dienone is 2. The van der Waals surface area contributed by atoms with Gasteiger partial charge in [-0.2, -0.15) is 0 Å². The first-order valence-electron chi connectivity index (χ1n) is 4.27. The van der Waals surface area contributed by atoms with E-state index in [1.165, 1.54) is 6.92 Å². The molecule has 0 saturated heterocycles. The van der Waals surface area contributed by atoms with Crippen molar-refractivity contribution in [2.45, 2.75) is 13.8 Å². The number of ether oxygens (including phenoxy) is 1. The van der Waals surface area contributed by atoms with E-state index in [2.05, 4.69) is 16.6 Å². The summed E-state index contributed by atoms with van der Waals surface area (Å²) < 4.78 is 4.63. The van der Waals surface area contributed by atoms with Gasteiger partial charge in [0.1, 0.15) is 13.2 Å². The molecule has 0 aromatic carbocycles. The molecule has 14 heavy (non-hydrogen) atoms. The number of carbonyl (C=O) groups is 2. The summed E-state index contributed by atoms with van der Waals surface area (Å²) in [5.74, 6) is -0.630. The molecule has 0 aliphatic rings. The number of esters is 1. The van der Waals surface area contributed by atoms with Gasteiger partial charge in [-0.1, -0.05) is 12.7 Å². The Kier molecular flexibility index (Phi) is 6.11. The van der Waals surface area contributed by atoms with Crippen molar-refractivity contribution >= 4 is 11.8 Å². The highest BCUT2D eigenvalue weighted by molar-refractivity contribution is 5.80. The van der Waals surface area contributed by atoms with Crippen LogP contribution in [-0.2, 0) is 14.3 Å². The maximum Gasteiger partial charge on any atom is 0.325 e. The average Bonchev–Trinajstić information content (AvgIpc) is 2.16. The predicted octanol–water partition coefficient (Wildman–Crippen LogP) is 0.798. The largest absolute Gasteiger partial charge is 0.456 e. The summed E-state index contributed by atoms with van der Waals surface area (Å²) in [6.07, 6.45) is 3.38. The van der Waals surface area contributed by atoms with Crippen LogP contribution < -0.4 is 5.32 Å². The zero-order valence-corrected chi connectivity index (χ0v) is 8.50. The molecule has 0 aliphatic carbocycles. The van der Waals surface area contributed by atoms with Gasteiger partial charge < -0.3 is 10.1 Å². The Morgan fingerprint density at radius 1 is 1.50 bits per heavy atom. The number of hydrogen-bond acceptors (Lipinski definition) is 4. The SMILES string of the molecule is C=C/C(=C\C)NCC(=O)OCC(C)=O. The van der Waals surface area contributed by atoms with Crippen LogP contribution in [0.1, 0.15) is 13.8 Å². The second kappa shape index (κ2) is 6.88. The van der Waals surface area contributed by atoms with E-state index in [1.54, 1.807) is 12.2 Å². The Morgan fingerprint density at radius 2 is 2.14 bits per heavy atom. The number of nitrogens with one attached hydrogen (secondary N) is 1. The molecule has 4 nitrogen and oxygen atoms in total. The number of rotatable bonds is 6. The van der Waals surface area contributed by atoms with Crippen molar-refractivity contribution in [3.63, 3.8) is 0 Å². The third kappa shape index (κ3) is 5.99. The Hall–Kier alpha value is -1.58. The lowest BCUT2D eigenvalue weighted by molar-refractivity contribution is -0.146. The van der Waals surface area contributed by atoms with E-state index in [4.69, 9.17) is 0 Å². The molecule has 4 heteroatoms. The highest BCUT2D eigenvalue weighted by Crippen LogP contribution is 1.88. The number of hydrogen-bond donors (Lipinski definition) is 1. The zero-order chi connectivity index (χ0) is 11.0. The first kappa shape index (κ1) is 12.4. The third-order valence-electron chi connectivity index (χ3n) is 1.40. The van der Waals surface area contributed by atoms with E-state index < -0.39 is 5.97 Å². The normalized spacial score (nSPS) is 10.6. The van der Waals surface area contributed by atoms with E-state index in [0.29, 0.717) is 0 Å². The molecule has 0 saturated carbocycles. The van der Waals surface area contributed by atoms with Crippen molar-refractivity contribution in [1.82, 2.24) is 5.32 Å². The van der Waals surface area contributed by atoms with Gasteiger partial charge in [0, 0.05) is 5.70 Å². The van der Waals surface area contributed by atoms with Gasteiger partial charge in [0.25, 0.3) is 0 Å². The van der Waals surface area contributed by atoms with E-state index in [9.17, 15) is 9.59 Å². The smallest absolute Gasteiger partial charge is 0.325 e. The number of Topliss-reactive ketones (excluding diaryl/α,β-unsaturated/α-hetero) is 1. The Morgan fingerprint density at radius 3 is 2.57 bits per heavy atom. The van der Waals surface area contributed by atoms with Crippen molar-refractivity contribution in [1.29, 1.82) is 0 Å². The van der Waals surface area contributed by atoms with Crippen LogP contribution in [0.25, 0.3) is 0 Å². The summed E-state index contributed by atoms with van der Waals surface area (Å²) in [6, 6.07) is 0. The summed E-state index contributed by atoms with van der Waals surface area (Å²) in [5.41, 5.74) is 0.754. The van der Waals surface area contributed by atoms with E-state index >= 15 is 0 Å². The van der Waals surface area contributed by atoms with Gasteiger partial charge in [-0.25, -0.2) is 0 Å². The minimum absolute atomic E-state index is 0.0406. The van der Waals surface area contributed by atoms with Crippen LogP contribution in [0.2, 0.25) is 0 Å². The molecule has 0 spiro atoms. The van der Waals surface area contributed by atoms with Gasteiger partial charge in [0.15, 0.2) is 5.78 Å². The monoisotopic (exact) mass is 197 g/mol. The van der Waals surface area contributed by atoms with Crippen molar-refractivity contribution in [2.24, 2.45) is 0 Å². The first-order chi connectivity index (χ1) is 6.60.